The molecule has 30 heavy (non-hydrogen) atoms. The molecule has 168 valence electrons. The van der Waals surface area contributed by atoms with E-state index in [2.05, 4.69) is 4.72 Å². The molecule has 1 aromatic carbocycles. The average molecular weight is 446 g/mol. The molecule has 2 fully saturated rings. The predicted octanol–water partition coefficient (Wildman–Crippen LogP) is 2.80. The molecule has 0 saturated carbocycles. The maximum atomic E-state index is 14.3. The van der Waals surface area contributed by atoms with Gasteiger partial charge in [-0.3, -0.25) is 4.79 Å². The van der Waals surface area contributed by atoms with Crippen molar-refractivity contribution in [3.8, 4) is 0 Å². The van der Waals surface area contributed by atoms with Gasteiger partial charge in [-0.25, -0.2) is 22.1 Å². The quantitative estimate of drug-likeness (QED) is 0.662. The first-order chi connectivity index (χ1) is 14.0. The summed E-state index contributed by atoms with van der Waals surface area (Å²) in [4.78, 5) is 14.1. The van der Waals surface area contributed by atoms with E-state index in [9.17, 15) is 22.2 Å². The van der Waals surface area contributed by atoms with Crippen molar-refractivity contribution in [3.05, 3.63) is 35.1 Å². The van der Waals surface area contributed by atoms with Crippen LogP contribution in [-0.4, -0.2) is 44.4 Å². The second-order valence-corrected chi connectivity index (χ2v) is 11.3. The molecule has 2 unspecified atom stereocenters. The highest BCUT2D eigenvalue weighted by Gasteiger charge is 2.45. The van der Waals surface area contributed by atoms with Crippen LogP contribution in [0.15, 0.2) is 12.1 Å². The number of nitrogens with zero attached hydrogens (tertiary/aromatic N) is 1. The lowest BCUT2D eigenvalue weighted by Gasteiger charge is -2.42. The fourth-order valence-corrected chi connectivity index (χ4v) is 5.54. The summed E-state index contributed by atoms with van der Waals surface area (Å²) >= 11 is 0. The molecule has 0 radical (unpaired) electrons. The first kappa shape index (κ1) is 23.2. The lowest BCUT2D eigenvalue weighted by molar-refractivity contribution is -0.135. The number of benzene rings is 1. The van der Waals surface area contributed by atoms with Crippen LogP contribution in [-0.2, 0) is 22.2 Å². The maximum Gasteiger partial charge on any atom is 0.236 e. The van der Waals surface area contributed by atoms with Gasteiger partial charge in [0.2, 0.25) is 5.91 Å². The number of hydrogen-bond donors (Lipinski definition) is 2. The van der Waals surface area contributed by atoms with Gasteiger partial charge in [-0.1, -0.05) is 0 Å². The number of carbonyl (C=O) groups is 1. The Kier molecular flexibility index (Phi) is 6.94. The van der Waals surface area contributed by atoms with Crippen molar-refractivity contribution < 1.29 is 22.2 Å². The molecule has 5 nitrogen and oxygen atoms in total. The van der Waals surface area contributed by atoms with Gasteiger partial charge in [-0.05, 0) is 70.4 Å². The van der Waals surface area contributed by atoms with Crippen LogP contribution in [0.2, 0.25) is 0 Å². The van der Waals surface area contributed by atoms with Crippen LogP contribution in [0, 0.1) is 23.4 Å². The van der Waals surface area contributed by atoms with E-state index in [1.807, 2.05) is 25.7 Å². The summed E-state index contributed by atoms with van der Waals surface area (Å²) in [7, 11) is -1.42. The highest BCUT2D eigenvalue weighted by molar-refractivity contribution is 7.84. The van der Waals surface area contributed by atoms with Gasteiger partial charge in [0.25, 0.3) is 0 Å². The number of nitrogens with one attached hydrogen (secondary N) is 1. The molecule has 2 aliphatic heterocycles. The molecule has 5 atom stereocenters. The van der Waals surface area contributed by atoms with Crippen LogP contribution in [0.1, 0.15) is 52.0 Å². The highest BCUT2D eigenvalue weighted by Crippen LogP contribution is 2.40. The number of amides is 1. The first-order valence-corrected chi connectivity index (χ1v) is 11.5. The molecule has 0 spiro atoms. The van der Waals surface area contributed by atoms with E-state index >= 15 is 0 Å². The van der Waals surface area contributed by atoms with Gasteiger partial charge < -0.3 is 10.6 Å². The Balaban J connectivity index is 1.85. The number of piperidine rings is 1. The van der Waals surface area contributed by atoms with E-state index in [-0.39, 0.29) is 42.4 Å². The third-order valence-corrected chi connectivity index (χ3v) is 7.77. The summed E-state index contributed by atoms with van der Waals surface area (Å²) in [6.07, 6.45) is 3.18. The maximum absolute atomic E-state index is 14.3. The number of carbonyl (C=O) groups excluding carboxylic acids is 1. The fourth-order valence-electron chi connectivity index (χ4n) is 4.64. The van der Waals surface area contributed by atoms with Crippen molar-refractivity contribution in [1.29, 1.82) is 0 Å². The number of hydrogen-bond acceptors (Lipinski definition) is 3. The molecule has 3 rings (SSSR count). The number of halogens is 3. The molecular formula is C21H30F3N3O2S. The van der Waals surface area contributed by atoms with E-state index in [1.54, 1.807) is 0 Å². The average Bonchev–Trinajstić information content (AvgIpc) is 2.93. The van der Waals surface area contributed by atoms with Crippen molar-refractivity contribution in [2.45, 2.75) is 75.7 Å². The summed E-state index contributed by atoms with van der Waals surface area (Å²) < 4.78 is 56.8. The molecule has 2 saturated heterocycles. The molecule has 0 aliphatic carbocycles. The Bertz CT molecular complexity index is 816. The SMILES string of the molecule is CC(C)(C)S(=O)N[C@H](Cc1cc(F)c(F)cc1F)C1C[C@H]2CC[C@@H](C1)N2C(=O)CN. The Morgan fingerprint density at radius 2 is 1.73 bits per heavy atom. The van der Waals surface area contributed by atoms with Gasteiger partial charge in [0.1, 0.15) is 5.82 Å². The summed E-state index contributed by atoms with van der Waals surface area (Å²) in [6, 6.07) is 1.12. The van der Waals surface area contributed by atoms with Crippen LogP contribution in [0.4, 0.5) is 13.2 Å². The third-order valence-electron chi connectivity index (χ3n) is 6.14. The molecule has 9 heteroatoms. The van der Waals surface area contributed by atoms with Crippen molar-refractivity contribution in [2.24, 2.45) is 11.7 Å². The molecule has 2 heterocycles. The normalized spacial score (nSPS) is 26.0. The molecule has 3 N–H and O–H groups in total. The largest absolute Gasteiger partial charge is 0.336 e. The minimum absolute atomic E-state index is 0.0168. The Hall–Kier alpha value is -1.45. The summed E-state index contributed by atoms with van der Waals surface area (Å²) in [5.74, 6) is -3.21. The van der Waals surface area contributed by atoms with Crippen molar-refractivity contribution >= 4 is 16.9 Å². The minimum atomic E-state index is -1.42. The third kappa shape index (κ3) is 4.89. The molecule has 2 bridgehead atoms. The van der Waals surface area contributed by atoms with E-state index in [1.165, 1.54) is 0 Å². The van der Waals surface area contributed by atoms with E-state index in [0.29, 0.717) is 18.9 Å². The zero-order valence-corrected chi connectivity index (χ0v) is 18.4. The first-order valence-electron chi connectivity index (χ1n) is 10.3. The predicted molar refractivity (Wildman–Crippen MR) is 110 cm³/mol. The Morgan fingerprint density at radius 1 is 1.17 bits per heavy atom. The summed E-state index contributed by atoms with van der Waals surface area (Å²) in [6.45, 7) is 5.46. The van der Waals surface area contributed by atoms with E-state index in [0.717, 1.165) is 18.9 Å². The van der Waals surface area contributed by atoms with Crippen LogP contribution in [0.25, 0.3) is 0 Å². The van der Waals surface area contributed by atoms with Gasteiger partial charge >= 0.3 is 0 Å². The van der Waals surface area contributed by atoms with Crippen LogP contribution < -0.4 is 10.5 Å². The molecular weight excluding hydrogens is 415 g/mol. The van der Waals surface area contributed by atoms with Gasteiger partial charge in [0.15, 0.2) is 11.6 Å². The van der Waals surface area contributed by atoms with Crippen molar-refractivity contribution in [1.82, 2.24) is 9.62 Å². The Morgan fingerprint density at radius 3 is 2.27 bits per heavy atom. The topological polar surface area (TPSA) is 75.4 Å². The second-order valence-electron chi connectivity index (χ2n) is 9.29. The Labute approximate surface area is 178 Å². The van der Waals surface area contributed by atoms with Gasteiger partial charge in [0.05, 0.1) is 22.3 Å². The van der Waals surface area contributed by atoms with Gasteiger partial charge in [0, 0.05) is 24.2 Å². The zero-order valence-electron chi connectivity index (χ0n) is 17.6. The zero-order chi connectivity index (χ0) is 22.2. The monoisotopic (exact) mass is 445 g/mol. The van der Waals surface area contributed by atoms with E-state index in [4.69, 9.17) is 5.73 Å². The molecule has 2 aliphatic rings. The standard InChI is InChI=1S/C21H30F3N3O2S/c1-21(2,3)30(29)26-19(9-12-8-17(23)18(24)10-16(12)22)13-6-14-4-5-15(7-13)27(14)20(28)11-25/h8,10,13-15,19,26H,4-7,9,11,25H2,1-3H3/t13?,14-,15+,19-,30?/m1/s1. The number of rotatable bonds is 6. The number of fused-ring (bicyclic) bond motifs is 2. The lowest BCUT2D eigenvalue weighted by atomic mass is 9.82. The summed E-state index contributed by atoms with van der Waals surface area (Å²) in [5.41, 5.74) is 5.60. The molecule has 0 aromatic heterocycles. The van der Waals surface area contributed by atoms with Crippen molar-refractivity contribution in [2.75, 3.05) is 6.54 Å². The van der Waals surface area contributed by atoms with Crippen molar-refractivity contribution in [3.63, 3.8) is 0 Å². The summed E-state index contributed by atoms with van der Waals surface area (Å²) in [5, 5.41) is 0. The number of nitrogens with two attached hydrogens (primary N) is 1. The van der Waals surface area contributed by atoms with Gasteiger partial charge in [-0.2, -0.15) is 0 Å². The second kappa shape index (κ2) is 8.96. The minimum Gasteiger partial charge on any atom is -0.336 e. The lowest BCUT2D eigenvalue weighted by Crippen LogP contribution is -2.53. The molecule has 1 aromatic rings. The smallest absolute Gasteiger partial charge is 0.236 e. The highest BCUT2D eigenvalue weighted by atomic mass is 32.2. The van der Waals surface area contributed by atoms with Crippen LogP contribution >= 0.6 is 0 Å². The molecule has 1 amide bonds. The fraction of sp³-hybridized carbons (Fsp3) is 0.667. The van der Waals surface area contributed by atoms with Gasteiger partial charge in [-0.15, -0.1) is 0 Å². The van der Waals surface area contributed by atoms with E-state index < -0.39 is 39.2 Å². The van der Waals surface area contributed by atoms with Crippen LogP contribution in [0.3, 0.4) is 0 Å². The van der Waals surface area contributed by atoms with Crippen LogP contribution in [0.5, 0.6) is 0 Å².